The Balaban J connectivity index is 2.08. The van der Waals surface area contributed by atoms with Crippen molar-refractivity contribution in [1.29, 1.82) is 0 Å². The zero-order valence-corrected chi connectivity index (χ0v) is 11.3. The van der Waals surface area contributed by atoms with Crippen LogP contribution in [0.5, 0.6) is 0 Å². The number of carbonyl (C=O) groups excluding carboxylic acids is 1. The highest BCUT2D eigenvalue weighted by Gasteiger charge is 2.26. The Bertz CT molecular complexity index is 433. The van der Waals surface area contributed by atoms with Crippen molar-refractivity contribution in [1.82, 2.24) is 9.88 Å². The second-order valence-electron chi connectivity index (χ2n) is 4.42. The number of carbonyl (C=O) groups is 1. The van der Waals surface area contributed by atoms with Gasteiger partial charge < -0.3 is 10.0 Å². The third-order valence-electron chi connectivity index (χ3n) is 3.12. The molecular weight excluding hydrogens is 275 g/mol. The number of nitrogens with zero attached hydrogens (tertiary/aromatic N) is 2. The SMILES string of the molecule is O=C(c1cc(Cl)nc(Cl)c1)N1CCC(CCO)C1. The van der Waals surface area contributed by atoms with Gasteiger partial charge in [-0.25, -0.2) is 4.98 Å². The van der Waals surface area contributed by atoms with Gasteiger partial charge in [0.15, 0.2) is 0 Å². The average Bonchev–Trinajstić information content (AvgIpc) is 2.76. The number of amides is 1. The molecule has 2 heterocycles. The van der Waals surface area contributed by atoms with Crippen LogP contribution in [-0.2, 0) is 0 Å². The van der Waals surface area contributed by atoms with Crippen LogP contribution in [0.2, 0.25) is 10.3 Å². The highest BCUT2D eigenvalue weighted by atomic mass is 35.5. The van der Waals surface area contributed by atoms with E-state index < -0.39 is 0 Å². The van der Waals surface area contributed by atoms with Crippen LogP contribution in [0.1, 0.15) is 23.2 Å². The molecule has 1 saturated heterocycles. The molecule has 2 rings (SSSR count). The first-order valence-electron chi connectivity index (χ1n) is 5.83. The highest BCUT2D eigenvalue weighted by molar-refractivity contribution is 6.33. The van der Waals surface area contributed by atoms with Gasteiger partial charge in [0.1, 0.15) is 10.3 Å². The monoisotopic (exact) mass is 288 g/mol. The van der Waals surface area contributed by atoms with Crippen LogP contribution in [0.4, 0.5) is 0 Å². The van der Waals surface area contributed by atoms with Crippen LogP contribution in [0.25, 0.3) is 0 Å². The fraction of sp³-hybridized carbons (Fsp3) is 0.500. The first kappa shape index (κ1) is 13.6. The minimum absolute atomic E-state index is 0.0818. The van der Waals surface area contributed by atoms with E-state index in [9.17, 15) is 4.79 Å². The molecule has 0 aliphatic carbocycles. The predicted molar refractivity (Wildman–Crippen MR) is 70.0 cm³/mol. The molecule has 1 atom stereocenters. The Hall–Kier alpha value is -0.840. The van der Waals surface area contributed by atoms with Gasteiger partial charge in [-0.15, -0.1) is 0 Å². The van der Waals surface area contributed by atoms with Gasteiger partial charge in [-0.2, -0.15) is 0 Å². The molecule has 0 saturated carbocycles. The predicted octanol–water partition coefficient (Wildman–Crippen LogP) is 2.23. The number of aliphatic hydroxyl groups is 1. The summed E-state index contributed by atoms with van der Waals surface area (Å²) in [6.07, 6.45) is 1.67. The molecule has 98 valence electrons. The fourth-order valence-corrected chi connectivity index (χ4v) is 2.67. The molecule has 1 aliphatic rings. The summed E-state index contributed by atoms with van der Waals surface area (Å²) in [7, 11) is 0. The minimum atomic E-state index is -0.0818. The molecular formula is C12H14Cl2N2O2. The van der Waals surface area contributed by atoms with Gasteiger partial charge in [0.2, 0.25) is 0 Å². The molecule has 4 nitrogen and oxygen atoms in total. The van der Waals surface area contributed by atoms with Gasteiger partial charge in [-0.1, -0.05) is 23.2 Å². The summed E-state index contributed by atoms with van der Waals surface area (Å²) in [5.41, 5.74) is 0.463. The maximum Gasteiger partial charge on any atom is 0.254 e. The zero-order chi connectivity index (χ0) is 13.1. The number of likely N-dealkylation sites (tertiary alicyclic amines) is 1. The average molecular weight is 289 g/mol. The van der Waals surface area contributed by atoms with Crippen LogP contribution in [0, 0.1) is 5.92 Å². The second-order valence-corrected chi connectivity index (χ2v) is 5.19. The van der Waals surface area contributed by atoms with E-state index >= 15 is 0 Å². The van der Waals surface area contributed by atoms with Crippen molar-refractivity contribution in [2.75, 3.05) is 19.7 Å². The maximum atomic E-state index is 12.2. The minimum Gasteiger partial charge on any atom is -0.396 e. The molecule has 18 heavy (non-hydrogen) atoms. The normalized spacial score (nSPS) is 19.3. The number of hydrogen-bond acceptors (Lipinski definition) is 3. The van der Waals surface area contributed by atoms with Crippen molar-refractivity contribution >= 4 is 29.1 Å². The summed E-state index contributed by atoms with van der Waals surface area (Å²) in [4.78, 5) is 17.8. The molecule has 1 aliphatic heterocycles. The number of halogens is 2. The zero-order valence-electron chi connectivity index (χ0n) is 9.77. The molecule has 1 unspecified atom stereocenters. The summed E-state index contributed by atoms with van der Waals surface area (Å²) in [5, 5.41) is 9.33. The molecule has 1 fully saturated rings. The number of aliphatic hydroxyl groups excluding tert-OH is 1. The van der Waals surface area contributed by atoms with Crippen LogP contribution in [0.3, 0.4) is 0 Å². The molecule has 6 heteroatoms. The van der Waals surface area contributed by atoms with Gasteiger partial charge >= 0.3 is 0 Å². The first-order chi connectivity index (χ1) is 8.60. The van der Waals surface area contributed by atoms with Crippen molar-refractivity contribution in [2.24, 2.45) is 5.92 Å². The van der Waals surface area contributed by atoms with Crippen LogP contribution in [0.15, 0.2) is 12.1 Å². The molecule has 0 aromatic carbocycles. The molecule has 1 N–H and O–H groups in total. The van der Waals surface area contributed by atoms with Crippen LogP contribution < -0.4 is 0 Å². The Morgan fingerprint density at radius 3 is 2.72 bits per heavy atom. The summed E-state index contributed by atoms with van der Waals surface area (Å²) >= 11 is 11.6. The van der Waals surface area contributed by atoms with E-state index in [2.05, 4.69) is 4.98 Å². The van der Waals surface area contributed by atoms with Crippen molar-refractivity contribution in [3.05, 3.63) is 28.0 Å². The molecule has 0 spiro atoms. The fourth-order valence-electron chi connectivity index (χ4n) is 2.21. The number of aromatic nitrogens is 1. The van der Waals surface area contributed by atoms with Crippen molar-refractivity contribution in [2.45, 2.75) is 12.8 Å². The Kier molecular flexibility index (Phi) is 4.43. The van der Waals surface area contributed by atoms with Gasteiger partial charge in [-0.3, -0.25) is 4.79 Å². The summed E-state index contributed by atoms with van der Waals surface area (Å²) in [6.45, 7) is 1.55. The quantitative estimate of drug-likeness (QED) is 0.868. The third kappa shape index (κ3) is 3.13. The standard InChI is InChI=1S/C12H14Cl2N2O2/c13-10-5-9(6-11(14)15-10)12(18)16-3-1-8(7-16)2-4-17/h5-6,8,17H,1-4,7H2. The summed E-state index contributed by atoms with van der Waals surface area (Å²) in [5.74, 6) is 0.299. The van der Waals surface area contributed by atoms with E-state index in [-0.39, 0.29) is 22.8 Å². The highest BCUT2D eigenvalue weighted by Crippen LogP contribution is 2.23. The van der Waals surface area contributed by atoms with Gasteiger partial charge in [0, 0.05) is 25.3 Å². The third-order valence-corrected chi connectivity index (χ3v) is 3.51. The smallest absolute Gasteiger partial charge is 0.254 e. The van der Waals surface area contributed by atoms with Crippen LogP contribution in [-0.4, -0.2) is 40.6 Å². The lowest BCUT2D eigenvalue weighted by Crippen LogP contribution is -2.28. The van der Waals surface area contributed by atoms with E-state index in [0.29, 0.717) is 24.6 Å². The van der Waals surface area contributed by atoms with Crippen molar-refractivity contribution < 1.29 is 9.90 Å². The van der Waals surface area contributed by atoms with E-state index in [1.807, 2.05) is 0 Å². The van der Waals surface area contributed by atoms with Gasteiger partial charge in [0.25, 0.3) is 5.91 Å². The van der Waals surface area contributed by atoms with Gasteiger partial charge in [-0.05, 0) is 30.9 Å². The number of pyridine rings is 1. The van der Waals surface area contributed by atoms with E-state index in [1.54, 1.807) is 4.90 Å². The number of hydrogen-bond donors (Lipinski definition) is 1. The molecule has 1 aromatic rings. The molecule has 0 bridgehead atoms. The van der Waals surface area contributed by atoms with Crippen molar-refractivity contribution in [3.63, 3.8) is 0 Å². The molecule has 0 radical (unpaired) electrons. The van der Waals surface area contributed by atoms with Crippen molar-refractivity contribution in [3.8, 4) is 0 Å². The first-order valence-corrected chi connectivity index (χ1v) is 6.59. The molecule has 1 aromatic heterocycles. The Morgan fingerprint density at radius 1 is 1.44 bits per heavy atom. The second kappa shape index (κ2) is 5.87. The summed E-state index contributed by atoms with van der Waals surface area (Å²) in [6, 6.07) is 3.05. The largest absolute Gasteiger partial charge is 0.396 e. The van der Waals surface area contributed by atoms with Crippen LogP contribution >= 0.6 is 23.2 Å². The van der Waals surface area contributed by atoms with E-state index in [0.717, 1.165) is 12.8 Å². The van der Waals surface area contributed by atoms with Gasteiger partial charge in [0.05, 0.1) is 0 Å². The Morgan fingerprint density at radius 2 is 2.11 bits per heavy atom. The topological polar surface area (TPSA) is 53.4 Å². The lowest BCUT2D eigenvalue weighted by molar-refractivity contribution is 0.0784. The Labute approximate surface area is 116 Å². The van der Waals surface area contributed by atoms with E-state index in [4.69, 9.17) is 28.3 Å². The lowest BCUT2D eigenvalue weighted by atomic mass is 10.1. The molecule has 1 amide bonds. The number of rotatable bonds is 3. The lowest BCUT2D eigenvalue weighted by Gasteiger charge is -2.16. The maximum absolute atomic E-state index is 12.2. The van der Waals surface area contributed by atoms with E-state index in [1.165, 1.54) is 12.1 Å². The summed E-state index contributed by atoms with van der Waals surface area (Å²) < 4.78 is 0.